The zero-order valence-electron chi connectivity index (χ0n) is 6.16. The molecule has 0 rings (SSSR count). The van der Waals surface area contributed by atoms with Crippen LogP contribution in [0.1, 0.15) is 1.43 Å². The Morgan fingerprint density at radius 2 is 0.900 bits per heavy atom. The van der Waals surface area contributed by atoms with E-state index in [2.05, 4.69) is 0 Å². The molecule has 0 bridgehead atoms. The minimum atomic E-state index is -2.33. The molecule has 0 aliphatic rings. The molecule has 0 atom stereocenters. The minimum absolute atomic E-state index is 0. The van der Waals surface area contributed by atoms with Crippen LogP contribution in [0.2, 0.25) is 0 Å². The Morgan fingerprint density at radius 1 is 0.900 bits per heavy atom. The summed E-state index contributed by atoms with van der Waals surface area (Å²) < 4.78 is 0. The Morgan fingerprint density at radius 3 is 0.900 bits per heavy atom. The van der Waals surface area contributed by atoms with Crippen LogP contribution in [0.5, 0.6) is 0 Å². The molecule has 0 aliphatic carbocycles. The summed E-state index contributed by atoms with van der Waals surface area (Å²) in [7, 11) is 0. The van der Waals surface area contributed by atoms with Crippen molar-refractivity contribution in [2.75, 3.05) is 0 Å². The van der Waals surface area contributed by atoms with Gasteiger partial charge in [-0.2, -0.15) is 0 Å². The largest absolute Gasteiger partial charge is 2.00 e. The maximum Gasteiger partial charge on any atom is 2.00 e. The molecule has 0 saturated heterocycles. The predicted molar refractivity (Wildman–Crippen MR) is 17.7 cm³/mol. The van der Waals surface area contributed by atoms with Crippen LogP contribution >= 0.6 is 0 Å². The molecule has 0 unspecified atom stereocenters. The minimum Gasteiger partial charge on any atom is -0.652 e. The van der Waals surface area contributed by atoms with Gasteiger partial charge in [-0.3, -0.25) is 0 Å². The molecule has 6 nitrogen and oxygen atoms in total. The topological polar surface area (TPSA) is 126 Å². The Labute approximate surface area is 95.8 Å². The van der Waals surface area contributed by atoms with Crippen molar-refractivity contribution in [3.63, 3.8) is 0 Å². The van der Waals surface area contributed by atoms with E-state index in [1.165, 1.54) is 0 Å². The maximum atomic E-state index is 8.33. The van der Waals surface area contributed by atoms with Gasteiger partial charge in [0.05, 0.1) is 0 Å². The molecule has 0 aromatic rings. The van der Waals surface area contributed by atoms with Crippen LogP contribution in [0.4, 0.5) is 9.59 Å². The molecular weight excluding hydrogens is 167 g/mol. The average Bonchev–Trinajstić information content (AvgIpc) is 1.25. The number of carbonyl (C=O) groups excluding carboxylic acids is 2. The van der Waals surface area contributed by atoms with Crippen molar-refractivity contribution in [2.45, 2.75) is 0 Å². The fourth-order valence-electron chi connectivity index (χ4n) is 0. The molecule has 8 heteroatoms. The summed E-state index contributed by atoms with van der Waals surface area (Å²) in [5.74, 6) is 0. The van der Waals surface area contributed by atoms with Gasteiger partial charge in [-0.15, -0.1) is 0 Å². The van der Waals surface area contributed by atoms with Gasteiger partial charge in [0.2, 0.25) is 0 Å². The zero-order chi connectivity index (χ0) is 7.15. The van der Waals surface area contributed by atoms with Gasteiger partial charge in [-0.05, 0) is 12.3 Å². The summed E-state index contributed by atoms with van der Waals surface area (Å²) in [6.45, 7) is 0. The first-order valence-corrected chi connectivity index (χ1v) is 1.22. The van der Waals surface area contributed by atoms with Gasteiger partial charge in [0, 0.05) is 0 Å². The molecule has 0 heterocycles. The van der Waals surface area contributed by atoms with Crippen molar-refractivity contribution >= 4 is 35.4 Å². The molecule has 0 spiro atoms. The van der Waals surface area contributed by atoms with Gasteiger partial charge in [-0.25, -0.2) is 0 Å². The van der Waals surface area contributed by atoms with Crippen molar-refractivity contribution in [2.24, 2.45) is 0 Å². The van der Waals surface area contributed by atoms with E-state index >= 15 is 0 Å². The molecule has 0 N–H and O–H groups in total. The number of carboxylic acid groups (broad SMARTS) is 4. The van der Waals surface area contributed by atoms with Crippen LogP contribution in [-0.4, -0.2) is 35.4 Å². The Hall–Kier alpha value is 0.306. The van der Waals surface area contributed by atoms with E-state index in [1.807, 2.05) is 0 Å². The average molecular weight is 168 g/mol. The number of hydrogen-bond acceptors (Lipinski definition) is 6. The first kappa shape index (κ1) is 22.4. The smallest absolute Gasteiger partial charge is 0.652 e. The molecule has 0 aromatic heterocycles. The molecule has 0 aromatic carbocycles. The van der Waals surface area contributed by atoms with E-state index in [0.717, 1.165) is 0 Å². The normalized spacial score (nSPS) is 4.80. The summed E-state index contributed by atoms with van der Waals surface area (Å²) in [5, 5.41) is 33.3. The van der Waals surface area contributed by atoms with Crippen molar-refractivity contribution in [1.82, 2.24) is 0 Å². The number of hydrogen-bond donors (Lipinski definition) is 0. The van der Waals surface area contributed by atoms with E-state index < -0.39 is 12.3 Å². The van der Waals surface area contributed by atoms with E-state index in [9.17, 15) is 0 Å². The second-order valence-corrected chi connectivity index (χ2v) is 0.500. The fourth-order valence-corrected chi connectivity index (χ4v) is 0. The van der Waals surface area contributed by atoms with Crippen molar-refractivity contribution in [3.8, 4) is 0 Å². The van der Waals surface area contributed by atoms with Gasteiger partial charge in [0.1, 0.15) is 0 Å². The van der Waals surface area contributed by atoms with Crippen LogP contribution in [-0.2, 0) is 0 Å². The van der Waals surface area contributed by atoms with E-state index in [4.69, 9.17) is 30.0 Å². The van der Waals surface area contributed by atoms with E-state index in [-0.39, 0.29) is 54.0 Å². The standard InChI is InChI=1S/2CH2O3.Mg.Na/c2*2-1(3)4;;/h2*(H2,2,3,4);;/q;;+2;+1/p-3. The third-order valence-corrected chi connectivity index (χ3v) is 0. The molecule has 0 fully saturated rings. The Kier molecular flexibility index (Phi) is 36.2. The zero-order valence-corrected chi connectivity index (χ0v) is 8.57. The van der Waals surface area contributed by atoms with Gasteiger partial charge >= 0.3 is 54.0 Å². The third kappa shape index (κ3) is 4730. The monoisotopic (exact) mass is 168 g/mol. The van der Waals surface area contributed by atoms with Gasteiger partial charge < -0.3 is 30.0 Å². The van der Waals surface area contributed by atoms with Crippen LogP contribution in [0.3, 0.4) is 0 Å². The summed E-state index contributed by atoms with van der Waals surface area (Å²) in [5.41, 5.74) is 0. The predicted octanol–water partition coefficient (Wildman–Crippen LogP) is -8.16. The summed E-state index contributed by atoms with van der Waals surface area (Å²) >= 11 is 0. The molecule has 0 amide bonds. The van der Waals surface area contributed by atoms with Crippen LogP contribution in [0.15, 0.2) is 0 Å². The molecule has 0 aliphatic heterocycles. The molecule has 0 saturated carbocycles. The fraction of sp³-hybridized carbons (Fsp3) is 0. The second-order valence-electron chi connectivity index (χ2n) is 0.500. The van der Waals surface area contributed by atoms with E-state index in [1.54, 1.807) is 0 Å². The quantitative estimate of drug-likeness (QED) is 0.331. The van der Waals surface area contributed by atoms with Crippen LogP contribution in [0.25, 0.3) is 0 Å². The first-order chi connectivity index (χ1) is 3.46. The molecular formula is C2HMgNaO6. The SMILES string of the molecule is O=C([O-])[O-].O=C([O-])[O-].[H+].[Mg+2].[Na+]. The van der Waals surface area contributed by atoms with Gasteiger partial charge in [0.15, 0.2) is 0 Å². The molecule has 10 heavy (non-hydrogen) atoms. The Bertz CT molecular complexity index is 78.6. The van der Waals surface area contributed by atoms with Gasteiger partial charge in [0.25, 0.3) is 0 Å². The van der Waals surface area contributed by atoms with E-state index in [0.29, 0.717) is 0 Å². The van der Waals surface area contributed by atoms with Crippen LogP contribution in [0, 0.1) is 0 Å². The number of carbonyl (C=O) groups is 2. The van der Waals surface area contributed by atoms with Crippen molar-refractivity contribution in [1.29, 1.82) is 0 Å². The molecule has 48 valence electrons. The van der Waals surface area contributed by atoms with Gasteiger partial charge in [-0.1, -0.05) is 0 Å². The first-order valence-electron chi connectivity index (χ1n) is 1.22. The Balaban J connectivity index is -0.0000000171. The van der Waals surface area contributed by atoms with Crippen molar-refractivity contribution < 1.29 is 61.0 Å². The maximum absolute atomic E-state index is 8.33. The summed E-state index contributed by atoms with van der Waals surface area (Å²) in [4.78, 5) is 16.7. The molecule has 0 radical (unpaired) electrons. The second kappa shape index (κ2) is 16.1. The summed E-state index contributed by atoms with van der Waals surface area (Å²) in [6, 6.07) is 0. The van der Waals surface area contributed by atoms with Crippen LogP contribution < -0.4 is 50.0 Å². The van der Waals surface area contributed by atoms with Crippen molar-refractivity contribution in [3.05, 3.63) is 0 Å². The third-order valence-electron chi connectivity index (χ3n) is 0. The summed E-state index contributed by atoms with van der Waals surface area (Å²) in [6.07, 6.45) is -4.67. The number of rotatable bonds is 0.